The van der Waals surface area contributed by atoms with Crippen molar-refractivity contribution in [1.82, 2.24) is 35.1 Å². The predicted molar refractivity (Wildman–Crippen MR) is 90.4 cm³/mol. The monoisotopic (exact) mass is 419 g/mol. The van der Waals surface area contributed by atoms with Crippen molar-refractivity contribution < 1.29 is 8.94 Å². The van der Waals surface area contributed by atoms with Crippen molar-refractivity contribution in [3.8, 4) is 11.4 Å². The molecule has 9 nitrogen and oxygen atoms in total. The average molecular weight is 420 g/mol. The second kappa shape index (κ2) is 7.15. The molecule has 3 heterocycles. The first-order valence-electron chi connectivity index (χ1n) is 7.12. The zero-order valence-electron chi connectivity index (χ0n) is 12.6. The minimum atomic E-state index is 0.376. The molecule has 0 saturated heterocycles. The predicted octanol–water partition coefficient (Wildman–Crippen LogP) is 2.81. The summed E-state index contributed by atoms with van der Waals surface area (Å²) in [5, 5.41) is 16.3. The molecule has 1 aromatic carbocycles. The molecule has 11 heteroatoms. The van der Waals surface area contributed by atoms with E-state index in [0.717, 1.165) is 10.0 Å². The average Bonchev–Trinajstić information content (AvgIpc) is 3.36. The van der Waals surface area contributed by atoms with Gasteiger partial charge in [-0.15, -0.1) is 10.2 Å². The molecule has 0 spiro atoms. The summed E-state index contributed by atoms with van der Waals surface area (Å²) in [5.74, 6) is 1.91. The Labute approximate surface area is 154 Å². The lowest BCUT2D eigenvalue weighted by Crippen LogP contribution is -1.99. The molecule has 0 amide bonds. The third-order valence-electron chi connectivity index (χ3n) is 3.08. The summed E-state index contributed by atoms with van der Waals surface area (Å²) >= 11 is 4.75. The Kier molecular flexibility index (Phi) is 4.57. The van der Waals surface area contributed by atoms with E-state index in [4.69, 9.17) is 8.94 Å². The van der Waals surface area contributed by atoms with Crippen LogP contribution in [0.15, 0.2) is 55.6 Å². The SMILES string of the molecule is Brc1cccc(-c2noc(CSc3nnc(Cn4cncn4)o3)n2)c1. The van der Waals surface area contributed by atoms with Crippen molar-refractivity contribution in [3.05, 3.63) is 53.2 Å². The molecule has 0 fully saturated rings. The standard InChI is InChI=1S/C14H10BrN7O2S/c15-10-3-1-2-9(4-10)13-18-12(24-21-13)6-25-14-20-19-11(23-14)5-22-8-16-7-17-22/h1-4,7-8H,5-6H2. The first-order chi connectivity index (χ1) is 12.3. The minimum absolute atomic E-state index is 0.376. The van der Waals surface area contributed by atoms with Crippen LogP contribution in [-0.4, -0.2) is 35.1 Å². The molecule has 0 N–H and O–H groups in total. The first kappa shape index (κ1) is 16.0. The van der Waals surface area contributed by atoms with Crippen molar-refractivity contribution in [2.45, 2.75) is 17.5 Å². The van der Waals surface area contributed by atoms with Crippen LogP contribution in [0.1, 0.15) is 11.8 Å². The van der Waals surface area contributed by atoms with Gasteiger partial charge in [-0.3, -0.25) is 0 Å². The lowest BCUT2D eigenvalue weighted by atomic mass is 10.2. The molecule has 0 saturated carbocycles. The molecule has 0 aliphatic heterocycles. The molecule has 0 radical (unpaired) electrons. The lowest BCUT2D eigenvalue weighted by Gasteiger charge is -1.94. The van der Waals surface area contributed by atoms with Crippen molar-refractivity contribution >= 4 is 27.7 Å². The number of aromatic nitrogens is 7. The zero-order valence-corrected chi connectivity index (χ0v) is 15.0. The van der Waals surface area contributed by atoms with Gasteiger partial charge >= 0.3 is 0 Å². The van der Waals surface area contributed by atoms with Crippen molar-refractivity contribution in [2.24, 2.45) is 0 Å². The number of hydrogen-bond donors (Lipinski definition) is 0. The summed E-state index contributed by atoms with van der Waals surface area (Å²) in [6, 6.07) is 7.70. The Morgan fingerprint density at radius 3 is 3.00 bits per heavy atom. The molecule has 0 aliphatic carbocycles. The Morgan fingerprint density at radius 1 is 1.20 bits per heavy atom. The molecule has 3 aromatic heterocycles. The number of rotatable bonds is 6. The maximum Gasteiger partial charge on any atom is 0.277 e. The topological polar surface area (TPSA) is 109 Å². The number of halogens is 1. The van der Waals surface area contributed by atoms with Gasteiger partial charge in [-0.1, -0.05) is 45.0 Å². The molecular weight excluding hydrogens is 410 g/mol. The highest BCUT2D eigenvalue weighted by atomic mass is 79.9. The Hall–Kier alpha value is -2.53. The van der Waals surface area contributed by atoms with Crippen LogP contribution in [0.4, 0.5) is 0 Å². The molecule has 126 valence electrons. The number of benzene rings is 1. The molecule has 0 bridgehead atoms. The maximum atomic E-state index is 5.54. The summed E-state index contributed by atoms with van der Waals surface area (Å²) in [4.78, 5) is 8.23. The van der Waals surface area contributed by atoms with Gasteiger partial charge in [0.25, 0.3) is 5.22 Å². The highest BCUT2D eigenvalue weighted by molar-refractivity contribution is 9.10. The van der Waals surface area contributed by atoms with Gasteiger partial charge in [-0.2, -0.15) is 10.1 Å². The van der Waals surface area contributed by atoms with Crippen LogP contribution < -0.4 is 0 Å². The highest BCUT2D eigenvalue weighted by Crippen LogP contribution is 2.24. The molecule has 0 aliphatic rings. The summed E-state index contributed by atoms with van der Waals surface area (Å²) < 4.78 is 13.4. The Morgan fingerprint density at radius 2 is 2.16 bits per heavy atom. The summed E-state index contributed by atoms with van der Waals surface area (Å²) in [7, 11) is 0. The quantitative estimate of drug-likeness (QED) is 0.435. The van der Waals surface area contributed by atoms with Gasteiger partial charge in [0.2, 0.25) is 17.6 Å². The summed E-state index contributed by atoms with van der Waals surface area (Å²) in [6.07, 6.45) is 3.03. The first-order valence-corrected chi connectivity index (χ1v) is 8.90. The summed E-state index contributed by atoms with van der Waals surface area (Å²) in [6.45, 7) is 0.376. The number of nitrogens with zero attached hydrogens (tertiary/aromatic N) is 7. The fourth-order valence-corrected chi connectivity index (χ4v) is 3.01. The fraction of sp³-hybridized carbons (Fsp3) is 0.143. The molecule has 0 atom stereocenters. The van der Waals surface area contributed by atoms with E-state index in [9.17, 15) is 0 Å². The van der Waals surface area contributed by atoms with E-state index < -0.39 is 0 Å². The molecular formula is C14H10BrN7O2S. The molecule has 25 heavy (non-hydrogen) atoms. The van der Waals surface area contributed by atoms with Gasteiger partial charge in [0, 0.05) is 10.0 Å². The van der Waals surface area contributed by atoms with Crippen molar-refractivity contribution in [2.75, 3.05) is 0 Å². The van der Waals surface area contributed by atoms with Crippen LogP contribution in [0.5, 0.6) is 0 Å². The maximum absolute atomic E-state index is 5.54. The fourth-order valence-electron chi connectivity index (χ4n) is 2.00. The van der Waals surface area contributed by atoms with Crippen molar-refractivity contribution in [3.63, 3.8) is 0 Å². The second-order valence-electron chi connectivity index (χ2n) is 4.87. The largest absolute Gasteiger partial charge is 0.414 e. The van der Waals surface area contributed by atoms with Crippen LogP contribution in [0, 0.1) is 0 Å². The van der Waals surface area contributed by atoms with Crippen LogP contribution in [0.3, 0.4) is 0 Å². The van der Waals surface area contributed by atoms with Gasteiger partial charge in [0.05, 0.1) is 5.75 Å². The van der Waals surface area contributed by atoms with Gasteiger partial charge < -0.3 is 8.94 Å². The van der Waals surface area contributed by atoms with Crippen LogP contribution in [0.25, 0.3) is 11.4 Å². The zero-order chi connectivity index (χ0) is 17.1. The van der Waals surface area contributed by atoms with Crippen LogP contribution in [0.2, 0.25) is 0 Å². The van der Waals surface area contributed by atoms with Crippen molar-refractivity contribution in [1.29, 1.82) is 0 Å². The molecule has 4 aromatic rings. The third-order valence-corrected chi connectivity index (χ3v) is 4.38. The highest BCUT2D eigenvalue weighted by Gasteiger charge is 2.12. The third kappa shape index (κ3) is 3.94. The van der Waals surface area contributed by atoms with Gasteiger partial charge in [-0.05, 0) is 12.1 Å². The minimum Gasteiger partial charge on any atom is -0.414 e. The van der Waals surface area contributed by atoms with Crippen LogP contribution >= 0.6 is 27.7 Å². The van der Waals surface area contributed by atoms with E-state index in [2.05, 4.69) is 46.4 Å². The Balaban J connectivity index is 1.38. The van der Waals surface area contributed by atoms with E-state index in [-0.39, 0.29) is 0 Å². The van der Waals surface area contributed by atoms with Gasteiger partial charge in [-0.25, -0.2) is 9.67 Å². The second-order valence-corrected chi connectivity index (χ2v) is 6.71. The van der Waals surface area contributed by atoms with E-state index in [1.165, 1.54) is 18.1 Å². The summed E-state index contributed by atoms with van der Waals surface area (Å²) in [5.41, 5.74) is 0.877. The smallest absolute Gasteiger partial charge is 0.277 e. The number of thioether (sulfide) groups is 1. The van der Waals surface area contributed by atoms with Crippen LogP contribution in [-0.2, 0) is 12.3 Å². The molecule has 0 unspecified atom stereocenters. The van der Waals surface area contributed by atoms with E-state index in [1.807, 2.05) is 24.3 Å². The number of hydrogen-bond acceptors (Lipinski definition) is 9. The normalized spacial score (nSPS) is 11.1. The Bertz CT molecular complexity index is 969. The van der Waals surface area contributed by atoms with E-state index in [1.54, 1.807) is 11.0 Å². The van der Waals surface area contributed by atoms with Gasteiger partial charge in [0.1, 0.15) is 19.2 Å². The van der Waals surface area contributed by atoms with E-state index >= 15 is 0 Å². The van der Waals surface area contributed by atoms with Gasteiger partial charge in [0.15, 0.2) is 0 Å². The lowest BCUT2D eigenvalue weighted by molar-refractivity contribution is 0.386. The van der Waals surface area contributed by atoms with E-state index in [0.29, 0.717) is 35.1 Å². The molecule has 4 rings (SSSR count).